The van der Waals surface area contributed by atoms with E-state index in [1.165, 1.54) is 0 Å². The van der Waals surface area contributed by atoms with Gasteiger partial charge in [0.1, 0.15) is 0 Å². The van der Waals surface area contributed by atoms with E-state index in [2.05, 4.69) is 0 Å². The van der Waals surface area contributed by atoms with Crippen LogP contribution in [0.2, 0.25) is 0 Å². The van der Waals surface area contributed by atoms with Gasteiger partial charge in [-0.15, -0.1) is 0 Å². The van der Waals surface area contributed by atoms with Crippen molar-refractivity contribution in [1.29, 1.82) is 0 Å². The highest BCUT2D eigenvalue weighted by molar-refractivity contribution is 5.66. The largest absolute Gasteiger partial charge is 0.512 e. The molecule has 3 nitrogen and oxygen atoms in total. The molecule has 0 amide bonds. The molecule has 0 saturated heterocycles. The molecule has 1 aromatic carbocycles. The first-order chi connectivity index (χ1) is 8.11. The van der Waals surface area contributed by atoms with Gasteiger partial charge in [0.15, 0.2) is 0 Å². The summed E-state index contributed by atoms with van der Waals surface area (Å²) in [5.74, 6) is -0.435. The van der Waals surface area contributed by atoms with Gasteiger partial charge in [0.05, 0.1) is 5.76 Å². The van der Waals surface area contributed by atoms with Crippen LogP contribution in [0.25, 0.3) is 5.57 Å². The molecule has 1 rings (SSSR count). The molecule has 0 saturated carbocycles. The summed E-state index contributed by atoms with van der Waals surface area (Å²) in [7, 11) is 0. The second-order valence-electron chi connectivity index (χ2n) is 4.04. The summed E-state index contributed by atoms with van der Waals surface area (Å²) in [6, 6.07) is 9.68. The maximum Gasteiger partial charge on any atom is 0.303 e. The number of hydrogen-bond donors (Lipinski definition) is 2. The quantitative estimate of drug-likeness (QED) is 0.583. The van der Waals surface area contributed by atoms with Crippen molar-refractivity contribution in [2.75, 3.05) is 0 Å². The molecule has 17 heavy (non-hydrogen) atoms. The van der Waals surface area contributed by atoms with E-state index in [9.17, 15) is 9.90 Å². The van der Waals surface area contributed by atoms with Crippen molar-refractivity contribution < 1.29 is 15.0 Å². The van der Waals surface area contributed by atoms with Gasteiger partial charge in [0, 0.05) is 12.8 Å². The number of unbranched alkanes of at least 4 members (excludes halogenated alkanes) is 1. The van der Waals surface area contributed by atoms with E-state index in [4.69, 9.17) is 5.11 Å². The van der Waals surface area contributed by atoms with Gasteiger partial charge < -0.3 is 10.2 Å². The fourth-order valence-corrected chi connectivity index (χ4v) is 1.61. The van der Waals surface area contributed by atoms with Gasteiger partial charge in [-0.1, -0.05) is 30.3 Å². The molecule has 0 aliphatic rings. The molecule has 0 heterocycles. The molecular weight excluding hydrogens is 216 g/mol. The Morgan fingerprint density at radius 3 is 2.24 bits per heavy atom. The first-order valence-electron chi connectivity index (χ1n) is 5.77. The molecule has 1 aromatic rings. The first kappa shape index (κ1) is 13.3. The molecule has 0 bridgehead atoms. The Morgan fingerprint density at radius 1 is 1.06 bits per heavy atom. The summed E-state index contributed by atoms with van der Waals surface area (Å²) in [6.45, 7) is 1.88. The lowest BCUT2D eigenvalue weighted by molar-refractivity contribution is -0.137. The molecule has 0 aromatic heterocycles. The number of carboxylic acid groups (broad SMARTS) is 1. The lowest BCUT2D eigenvalue weighted by atomic mass is 10.0. The van der Waals surface area contributed by atoms with Crippen molar-refractivity contribution in [2.45, 2.75) is 32.6 Å². The molecule has 3 heteroatoms. The molecule has 0 unspecified atom stereocenters. The number of allylic oxidation sites excluding steroid dienone is 2. The second-order valence-corrected chi connectivity index (χ2v) is 4.04. The Hall–Kier alpha value is -1.77. The van der Waals surface area contributed by atoms with Gasteiger partial charge in [-0.2, -0.15) is 0 Å². The van der Waals surface area contributed by atoms with Gasteiger partial charge in [0.2, 0.25) is 0 Å². The highest BCUT2D eigenvalue weighted by Crippen LogP contribution is 2.20. The molecule has 2 N–H and O–H groups in total. The zero-order chi connectivity index (χ0) is 12.7. The molecule has 0 radical (unpaired) electrons. The summed E-state index contributed by atoms with van der Waals surface area (Å²) in [5.41, 5.74) is 1.86. The Balaban J connectivity index is 2.50. The van der Waals surface area contributed by atoms with E-state index in [1.54, 1.807) is 0 Å². The smallest absolute Gasteiger partial charge is 0.303 e. The Labute approximate surface area is 101 Å². The van der Waals surface area contributed by atoms with Crippen molar-refractivity contribution in [1.82, 2.24) is 0 Å². The SMILES string of the molecule is C/C(=C(\O)CCCCC(=O)O)c1ccccc1. The van der Waals surface area contributed by atoms with Crippen molar-refractivity contribution in [3.05, 3.63) is 41.7 Å². The van der Waals surface area contributed by atoms with Crippen LogP contribution in [0.4, 0.5) is 0 Å². The highest BCUT2D eigenvalue weighted by atomic mass is 16.4. The van der Waals surface area contributed by atoms with Crippen LogP contribution in [0.15, 0.2) is 36.1 Å². The lowest BCUT2D eigenvalue weighted by Crippen LogP contribution is -1.95. The minimum absolute atomic E-state index is 0.164. The topological polar surface area (TPSA) is 57.5 Å². The Kier molecular flexibility index (Phi) is 5.27. The van der Waals surface area contributed by atoms with Crippen molar-refractivity contribution in [3.8, 4) is 0 Å². The van der Waals surface area contributed by atoms with Gasteiger partial charge in [-0.05, 0) is 30.9 Å². The van der Waals surface area contributed by atoms with E-state index in [-0.39, 0.29) is 6.42 Å². The summed E-state index contributed by atoms with van der Waals surface area (Å²) in [5, 5.41) is 18.4. The summed E-state index contributed by atoms with van der Waals surface area (Å²) < 4.78 is 0. The molecule has 0 fully saturated rings. The molecular formula is C14H18O3. The summed E-state index contributed by atoms with van der Waals surface area (Å²) in [4.78, 5) is 10.3. The number of aliphatic hydroxyl groups is 1. The zero-order valence-electron chi connectivity index (χ0n) is 10.0. The zero-order valence-corrected chi connectivity index (χ0v) is 10.0. The Morgan fingerprint density at radius 2 is 1.65 bits per heavy atom. The number of hydrogen-bond acceptors (Lipinski definition) is 2. The number of benzene rings is 1. The number of carboxylic acids is 1. The third-order valence-electron chi connectivity index (χ3n) is 2.69. The standard InChI is InChI=1S/C14H18O3/c1-11(12-7-3-2-4-8-12)13(15)9-5-6-10-14(16)17/h2-4,7-8,15H,5-6,9-10H2,1H3,(H,16,17)/b13-11+. The van der Waals surface area contributed by atoms with Crippen LogP contribution in [-0.2, 0) is 4.79 Å². The predicted molar refractivity (Wildman–Crippen MR) is 67.8 cm³/mol. The van der Waals surface area contributed by atoms with Crippen molar-refractivity contribution >= 4 is 11.5 Å². The molecule has 92 valence electrons. The fourth-order valence-electron chi connectivity index (χ4n) is 1.61. The van der Waals surface area contributed by atoms with E-state index in [1.807, 2.05) is 37.3 Å². The Bertz CT molecular complexity index is 393. The van der Waals surface area contributed by atoms with Crippen molar-refractivity contribution in [3.63, 3.8) is 0 Å². The van der Waals surface area contributed by atoms with E-state index in [0.717, 1.165) is 11.1 Å². The summed E-state index contributed by atoms with van der Waals surface area (Å²) in [6.07, 6.45) is 2.00. The van der Waals surface area contributed by atoms with Crippen LogP contribution in [0.5, 0.6) is 0 Å². The van der Waals surface area contributed by atoms with Gasteiger partial charge in [-0.3, -0.25) is 4.79 Å². The highest BCUT2D eigenvalue weighted by Gasteiger charge is 2.04. The normalized spacial score (nSPS) is 12.1. The third kappa shape index (κ3) is 4.72. The first-order valence-corrected chi connectivity index (χ1v) is 5.77. The van der Waals surface area contributed by atoms with Gasteiger partial charge in [-0.25, -0.2) is 0 Å². The number of carbonyl (C=O) groups is 1. The third-order valence-corrected chi connectivity index (χ3v) is 2.69. The van der Waals surface area contributed by atoms with Crippen LogP contribution in [0.1, 0.15) is 38.2 Å². The number of rotatable bonds is 6. The van der Waals surface area contributed by atoms with Crippen LogP contribution in [-0.4, -0.2) is 16.2 Å². The van der Waals surface area contributed by atoms with Crippen LogP contribution in [0.3, 0.4) is 0 Å². The molecule has 0 aliphatic carbocycles. The minimum atomic E-state index is -0.784. The predicted octanol–water partition coefficient (Wildman–Crippen LogP) is 3.62. The monoisotopic (exact) mass is 234 g/mol. The maximum atomic E-state index is 10.3. The maximum absolute atomic E-state index is 10.3. The average molecular weight is 234 g/mol. The van der Waals surface area contributed by atoms with E-state index < -0.39 is 5.97 Å². The molecule has 0 atom stereocenters. The van der Waals surface area contributed by atoms with Crippen LogP contribution in [0, 0.1) is 0 Å². The second kappa shape index (κ2) is 6.74. The number of aliphatic carboxylic acids is 1. The minimum Gasteiger partial charge on any atom is -0.512 e. The molecule has 0 spiro atoms. The van der Waals surface area contributed by atoms with Crippen molar-refractivity contribution in [2.24, 2.45) is 0 Å². The summed E-state index contributed by atoms with van der Waals surface area (Å²) >= 11 is 0. The van der Waals surface area contributed by atoms with Gasteiger partial charge in [0.25, 0.3) is 0 Å². The fraction of sp³-hybridized carbons (Fsp3) is 0.357. The van der Waals surface area contributed by atoms with Gasteiger partial charge >= 0.3 is 5.97 Å². The lowest BCUT2D eigenvalue weighted by Gasteiger charge is -2.06. The van der Waals surface area contributed by atoms with Crippen LogP contribution >= 0.6 is 0 Å². The van der Waals surface area contributed by atoms with E-state index >= 15 is 0 Å². The average Bonchev–Trinajstić information content (AvgIpc) is 2.34. The van der Waals surface area contributed by atoms with Crippen LogP contribution < -0.4 is 0 Å². The van der Waals surface area contributed by atoms with E-state index in [0.29, 0.717) is 25.0 Å². The molecule has 0 aliphatic heterocycles. The number of aliphatic hydroxyl groups excluding tert-OH is 1.